The molecule has 0 aromatic rings. The van der Waals surface area contributed by atoms with Crippen LogP contribution in [0.2, 0.25) is 0 Å². The van der Waals surface area contributed by atoms with Crippen LogP contribution < -0.4 is 0 Å². The minimum absolute atomic E-state index is 0.273. The molecule has 2 atom stereocenters. The van der Waals surface area contributed by atoms with Crippen molar-refractivity contribution in [2.75, 3.05) is 18.1 Å². The van der Waals surface area contributed by atoms with Crippen molar-refractivity contribution < 1.29 is 9.05 Å². The predicted molar refractivity (Wildman–Crippen MR) is 89.6 cm³/mol. The first-order valence-electron chi connectivity index (χ1n) is 7.05. The first-order chi connectivity index (χ1) is 9.56. The molecule has 1 aliphatic rings. The van der Waals surface area contributed by atoms with Crippen LogP contribution in [0, 0.1) is 11.3 Å². The molecule has 1 fully saturated rings. The van der Waals surface area contributed by atoms with Gasteiger partial charge in [0, 0.05) is 23.6 Å². The van der Waals surface area contributed by atoms with Crippen molar-refractivity contribution >= 4 is 30.1 Å². The second-order valence-electron chi connectivity index (χ2n) is 5.17. The molecule has 0 radical (unpaired) electrons. The third-order valence-electron chi connectivity index (χ3n) is 2.76. The van der Waals surface area contributed by atoms with Gasteiger partial charge in [-0.2, -0.15) is 5.26 Å². The lowest BCUT2D eigenvalue weighted by molar-refractivity contribution is 0.141. The van der Waals surface area contributed by atoms with Crippen LogP contribution in [0.1, 0.15) is 40.5 Å². The SMILES string of the molecule is CC(C)N(C(C)C)P(OCCC#N)O[C@@H]1CCSSC1. The Morgan fingerprint density at radius 1 is 1.30 bits per heavy atom. The van der Waals surface area contributed by atoms with Gasteiger partial charge in [0.1, 0.15) is 0 Å². The van der Waals surface area contributed by atoms with Gasteiger partial charge in [-0.15, -0.1) is 0 Å². The molecule has 1 heterocycles. The van der Waals surface area contributed by atoms with Gasteiger partial charge < -0.3 is 9.05 Å². The van der Waals surface area contributed by atoms with Crippen LogP contribution in [0.4, 0.5) is 0 Å². The number of nitriles is 1. The minimum atomic E-state index is -1.08. The van der Waals surface area contributed by atoms with Crippen LogP contribution >= 0.6 is 30.1 Å². The molecule has 0 aliphatic carbocycles. The van der Waals surface area contributed by atoms with Gasteiger partial charge in [0.15, 0.2) is 0 Å². The number of hydrogen-bond donors (Lipinski definition) is 0. The van der Waals surface area contributed by atoms with E-state index < -0.39 is 8.53 Å². The van der Waals surface area contributed by atoms with Crippen molar-refractivity contribution in [1.82, 2.24) is 4.67 Å². The van der Waals surface area contributed by atoms with E-state index in [0.717, 1.165) is 17.9 Å². The third-order valence-corrected chi connectivity index (χ3v) is 7.43. The average molecular weight is 336 g/mol. The van der Waals surface area contributed by atoms with Gasteiger partial charge in [-0.25, -0.2) is 4.67 Å². The fourth-order valence-electron chi connectivity index (χ4n) is 1.95. The monoisotopic (exact) mass is 336 g/mol. The third kappa shape index (κ3) is 6.51. The molecule has 0 aromatic heterocycles. The summed E-state index contributed by atoms with van der Waals surface area (Å²) >= 11 is 0. The van der Waals surface area contributed by atoms with Crippen LogP contribution in [0.25, 0.3) is 0 Å². The lowest BCUT2D eigenvalue weighted by Crippen LogP contribution is -2.35. The number of rotatable bonds is 8. The quantitative estimate of drug-likeness (QED) is 0.371. The fourth-order valence-corrected chi connectivity index (χ4v) is 6.14. The summed E-state index contributed by atoms with van der Waals surface area (Å²) in [6.45, 7) is 9.11. The maximum Gasteiger partial charge on any atom is 0.259 e. The van der Waals surface area contributed by atoms with Crippen molar-refractivity contribution in [3.8, 4) is 6.07 Å². The molecule has 1 rings (SSSR count). The summed E-state index contributed by atoms with van der Waals surface area (Å²) in [4.78, 5) is 0. The maximum absolute atomic E-state index is 8.67. The molecule has 0 saturated carbocycles. The molecule has 0 amide bonds. The van der Waals surface area contributed by atoms with E-state index in [1.807, 2.05) is 21.6 Å². The highest BCUT2D eigenvalue weighted by Gasteiger charge is 2.30. The van der Waals surface area contributed by atoms with Crippen molar-refractivity contribution in [1.29, 1.82) is 5.26 Å². The molecule has 0 aromatic carbocycles. The second kappa shape index (κ2) is 10.3. The van der Waals surface area contributed by atoms with E-state index in [1.54, 1.807) is 0 Å². The van der Waals surface area contributed by atoms with E-state index in [1.165, 1.54) is 0 Å². The Morgan fingerprint density at radius 3 is 2.50 bits per heavy atom. The van der Waals surface area contributed by atoms with Crippen LogP contribution in [0.3, 0.4) is 0 Å². The molecule has 0 spiro atoms. The Balaban J connectivity index is 2.63. The molecule has 0 bridgehead atoms. The Labute approximate surface area is 132 Å². The first kappa shape index (κ1) is 18.5. The summed E-state index contributed by atoms with van der Waals surface area (Å²) in [6.07, 6.45) is 1.78. The zero-order valence-corrected chi connectivity index (χ0v) is 15.3. The minimum Gasteiger partial charge on any atom is -0.321 e. The maximum atomic E-state index is 8.67. The zero-order valence-electron chi connectivity index (χ0n) is 12.7. The largest absolute Gasteiger partial charge is 0.321 e. The van der Waals surface area contributed by atoms with Crippen molar-refractivity contribution in [2.45, 2.75) is 58.7 Å². The molecule has 1 unspecified atom stereocenters. The highest BCUT2D eigenvalue weighted by molar-refractivity contribution is 8.76. The summed E-state index contributed by atoms with van der Waals surface area (Å²) in [5.74, 6) is 2.16. The van der Waals surface area contributed by atoms with Crippen molar-refractivity contribution in [2.24, 2.45) is 0 Å². The van der Waals surface area contributed by atoms with Crippen LogP contribution in [-0.2, 0) is 9.05 Å². The van der Waals surface area contributed by atoms with Gasteiger partial charge in [0.05, 0.1) is 25.2 Å². The molecular formula is C13H25N2O2PS2. The number of hydrogen-bond acceptors (Lipinski definition) is 6. The second-order valence-corrected chi connectivity index (χ2v) is 9.20. The molecule has 0 N–H and O–H groups in total. The van der Waals surface area contributed by atoms with Gasteiger partial charge >= 0.3 is 0 Å². The highest BCUT2D eigenvalue weighted by atomic mass is 33.1. The molecule has 7 heteroatoms. The molecule has 4 nitrogen and oxygen atoms in total. The average Bonchev–Trinajstić information content (AvgIpc) is 2.39. The van der Waals surface area contributed by atoms with E-state index in [4.69, 9.17) is 14.3 Å². The first-order valence-corrected chi connectivity index (χ1v) is 10.7. The Hall–Kier alpha value is 0.500. The predicted octanol–water partition coefficient (Wildman–Crippen LogP) is 4.43. The van der Waals surface area contributed by atoms with E-state index >= 15 is 0 Å². The van der Waals surface area contributed by atoms with Crippen LogP contribution in [0.15, 0.2) is 0 Å². The molecular weight excluding hydrogens is 311 g/mol. The molecule has 1 aliphatic heterocycles. The van der Waals surface area contributed by atoms with E-state index in [0.29, 0.717) is 25.1 Å². The topological polar surface area (TPSA) is 45.5 Å². The summed E-state index contributed by atoms with van der Waals surface area (Å²) in [5, 5.41) is 8.67. The fraction of sp³-hybridized carbons (Fsp3) is 0.923. The summed E-state index contributed by atoms with van der Waals surface area (Å²) < 4.78 is 14.4. The van der Waals surface area contributed by atoms with Crippen molar-refractivity contribution in [3.63, 3.8) is 0 Å². The van der Waals surface area contributed by atoms with Gasteiger partial charge in [-0.05, 0) is 34.1 Å². The standard InChI is InChI=1S/C13H25N2O2PS2/c1-11(2)15(12(3)4)18(16-8-5-7-14)17-13-6-9-19-20-10-13/h11-13H,5-6,8-10H2,1-4H3/t13-,18?/m1/s1. The summed E-state index contributed by atoms with van der Waals surface area (Å²) in [6, 6.07) is 2.87. The smallest absolute Gasteiger partial charge is 0.259 e. The molecule has 116 valence electrons. The lowest BCUT2D eigenvalue weighted by Gasteiger charge is -2.37. The lowest BCUT2D eigenvalue weighted by atomic mass is 10.3. The number of nitrogens with zero attached hydrogens (tertiary/aromatic N) is 2. The Bertz CT molecular complexity index is 299. The van der Waals surface area contributed by atoms with Gasteiger partial charge in [-0.3, -0.25) is 0 Å². The van der Waals surface area contributed by atoms with E-state index in [-0.39, 0.29) is 6.10 Å². The van der Waals surface area contributed by atoms with Crippen molar-refractivity contribution in [3.05, 3.63) is 0 Å². The summed E-state index contributed by atoms with van der Waals surface area (Å²) in [7, 11) is 2.71. The van der Waals surface area contributed by atoms with Crippen LogP contribution in [0.5, 0.6) is 0 Å². The zero-order chi connectivity index (χ0) is 15.0. The molecule has 20 heavy (non-hydrogen) atoms. The van der Waals surface area contributed by atoms with Crippen LogP contribution in [-0.4, -0.2) is 41.0 Å². The van der Waals surface area contributed by atoms with Gasteiger partial charge in [0.25, 0.3) is 8.53 Å². The Kier molecular flexibility index (Phi) is 9.52. The van der Waals surface area contributed by atoms with Gasteiger partial charge in [-0.1, -0.05) is 21.6 Å². The highest BCUT2D eigenvalue weighted by Crippen LogP contribution is 2.49. The normalized spacial score (nSPS) is 21.4. The van der Waals surface area contributed by atoms with E-state index in [9.17, 15) is 0 Å². The molecule has 1 saturated heterocycles. The summed E-state index contributed by atoms with van der Waals surface area (Å²) in [5.41, 5.74) is 0. The van der Waals surface area contributed by atoms with Gasteiger partial charge in [0.2, 0.25) is 0 Å². The Morgan fingerprint density at radius 2 is 2.00 bits per heavy atom. The van der Waals surface area contributed by atoms with E-state index in [2.05, 4.69) is 38.4 Å².